The molecule has 2 unspecified atom stereocenters. The number of nitrogens with one attached hydrogen (secondary N) is 1. The number of aryl methyl sites for hydroxylation is 1. The highest BCUT2D eigenvalue weighted by atomic mass is 79.9. The number of thioether (sulfide) groups is 1. The van der Waals surface area contributed by atoms with E-state index in [9.17, 15) is 0 Å². The van der Waals surface area contributed by atoms with E-state index in [1.807, 2.05) is 11.8 Å². The fraction of sp³-hybridized carbons (Fsp3) is 0.333. The van der Waals surface area contributed by atoms with Gasteiger partial charge in [-0.25, -0.2) is 0 Å². The van der Waals surface area contributed by atoms with Crippen molar-refractivity contribution in [3.8, 4) is 0 Å². The Balaban J connectivity index is 2.13. The minimum Gasteiger partial charge on any atom is -0.309 e. The minimum atomic E-state index is 0.365. The van der Waals surface area contributed by atoms with Crippen molar-refractivity contribution in [2.45, 2.75) is 37.0 Å². The van der Waals surface area contributed by atoms with Crippen LogP contribution in [-0.2, 0) is 0 Å². The first-order chi connectivity index (χ1) is 10.1. The first kappa shape index (κ1) is 16.6. The van der Waals surface area contributed by atoms with Crippen LogP contribution >= 0.6 is 27.7 Å². The summed E-state index contributed by atoms with van der Waals surface area (Å²) in [5, 5.41) is 4.09. The Labute approximate surface area is 140 Å². The average molecular weight is 364 g/mol. The van der Waals surface area contributed by atoms with Crippen LogP contribution in [0.15, 0.2) is 57.9 Å². The van der Waals surface area contributed by atoms with E-state index in [2.05, 4.69) is 90.5 Å². The molecule has 1 N–H and O–H groups in total. The molecule has 0 fully saturated rings. The van der Waals surface area contributed by atoms with Gasteiger partial charge in [-0.1, -0.05) is 59.6 Å². The Bertz CT molecular complexity index is 550. The zero-order valence-corrected chi connectivity index (χ0v) is 15.2. The molecule has 2 aromatic rings. The third-order valence-electron chi connectivity index (χ3n) is 3.47. The number of benzene rings is 2. The van der Waals surface area contributed by atoms with Crippen molar-refractivity contribution < 1.29 is 0 Å². The molecule has 0 heterocycles. The van der Waals surface area contributed by atoms with Gasteiger partial charge in [-0.3, -0.25) is 0 Å². The Hall–Kier alpha value is -0.770. The summed E-state index contributed by atoms with van der Waals surface area (Å²) in [7, 11) is 0. The van der Waals surface area contributed by atoms with Crippen LogP contribution in [0.3, 0.4) is 0 Å². The molecule has 2 aromatic carbocycles. The fourth-order valence-corrected chi connectivity index (χ4v) is 3.72. The molecule has 21 heavy (non-hydrogen) atoms. The summed E-state index contributed by atoms with van der Waals surface area (Å²) in [5.41, 5.74) is 2.67. The first-order valence-electron chi connectivity index (χ1n) is 7.32. The second kappa shape index (κ2) is 8.02. The molecule has 3 heteroatoms. The summed E-state index contributed by atoms with van der Waals surface area (Å²) >= 11 is 5.40. The molecular formula is C18H22BrNS. The molecule has 0 aliphatic carbocycles. The van der Waals surface area contributed by atoms with Crippen LogP contribution in [0.5, 0.6) is 0 Å². The molecule has 0 aliphatic rings. The molecular weight excluding hydrogens is 342 g/mol. The third kappa shape index (κ3) is 4.87. The zero-order valence-electron chi connectivity index (χ0n) is 12.8. The summed E-state index contributed by atoms with van der Waals surface area (Å²) < 4.78 is 1.13. The van der Waals surface area contributed by atoms with E-state index in [0.717, 1.165) is 11.0 Å². The van der Waals surface area contributed by atoms with Crippen LogP contribution in [0.25, 0.3) is 0 Å². The average Bonchev–Trinajstić information content (AvgIpc) is 2.48. The lowest BCUT2D eigenvalue weighted by molar-refractivity contribution is 0.548. The molecule has 0 aliphatic heterocycles. The van der Waals surface area contributed by atoms with Crippen molar-refractivity contribution in [3.05, 3.63) is 64.1 Å². The van der Waals surface area contributed by atoms with Crippen molar-refractivity contribution in [1.29, 1.82) is 0 Å². The second-order valence-electron chi connectivity index (χ2n) is 5.22. The van der Waals surface area contributed by atoms with Crippen molar-refractivity contribution in [2.75, 3.05) is 6.54 Å². The Morgan fingerprint density at radius 2 is 1.67 bits per heavy atom. The van der Waals surface area contributed by atoms with E-state index in [0.29, 0.717) is 11.3 Å². The summed E-state index contributed by atoms with van der Waals surface area (Å²) in [6.07, 6.45) is 0. The molecule has 0 aromatic heterocycles. The largest absolute Gasteiger partial charge is 0.309 e. The van der Waals surface area contributed by atoms with Gasteiger partial charge in [0, 0.05) is 20.7 Å². The lowest BCUT2D eigenvalue weighted by atomic mass is 10.0. The highest BCUT2D eigenvalue weighted by Crippen LogP contribution is 2.32. The van der Waals surface area contributed by atoms with Gasteiger partial charge in [0.15, 0.2) is 0 Å². The fourth-order valence-electron chi connectivity index (χ4n) is 2.34. The molecule has 0 amide bonds. The third-order valence-corrected chi connectivity index (χ3v) is 5.18. The van der Waals surface area contributed by atoms with Crippen LogP contribution in [0, 0.1) is 6.92 Å². The quantitative estimate of drug-likeness (QED) is 0.671. The standard InChI is InChI=1S/C18H22BrNS/c1-4-20-18(15-7-5-13(2)6-8-15)14(3)21-17-11-9-16(19)10-12-17/h5-12,14,18,20H,4H2,1-3H3. The summed E-state index contributed by atoms with van der Waals surface area (Å²) in [5.74, 6) is 0. The van der Waals surface area contributed by atoms with Gasteiger partial charge in [0.25, 0.3) is 0 Å². The molecule has 0 spiro atoms. The van der Waals surface area contributed by atoms with Crippen LogP contribution < -0.4 is 5.32 Å². The molecule has 112 valence electrons. The molecule has 1 nitrogen and oxygen atoms in total. The Morgan fingerprint density at radius 1 is 1.05 bits per heavy atom. The lowest BCUT2D eigenvalue weighted by Crippen LogP contribution is -2.28. The van der Waals surface area contributed by atoms with Crippen LogP contribution in [-0.4, -0.2) is 11.8 Å². The van der Waals surface area contributed by atoms with Gasteiger partial charge in [-0.15, -0.1) is 11.8 Å². The van der Waals surface area contributed by atoms with Gasteiger partial charge in [0.2, 0.25) is 0 Å². The van der Waals surface area contributed by atoms with E-state index in [1.165, 1.54) is 16.0 Å². The predicted octanol–water partition coefficient (Wildman–Crippen LogP) is 5.59. The minimum absolute atomic E-state index is 0.365. The van der Waals surface area contributed by atoms with Crippen molar-refractivity contribution in [3.63, 3.8) is 0 Å². The molecule has 2 atom stereocenters. The van der Waals surface area contributed by atoms with E-state index < -0.39 is 0 Å². The molecule has 2 rings (SSSR count). The maximum Gasteiger partial charge on any atom is 0.0441 e. The molecule has 0 bridgehead atoms. The Kier molecular flexibility index (Phi) is 6.34. The van der Waals surface area contributed by atoms with Crippen LogP contribution in [0.1, 0.15) is 31.0 Å². The monoisotopic (exact) mass is 363 g/mol. The first-order valence-corrected chi connectivity index (χ1v) is 8.99. The number of halogens is 1. The number of rotatable bonds is 6. The second-order valence-corrected chi connectivity index (χ2v) is 7.59. The van der Waals surface area contributed by atoms with Crippen molar-refractivity contribution >= 4 is 27.7 Å². The predicted molar refractivity (Wildman–Crippen MR) is 97.1 cm³/mol. The summed E-state index contributed by atoms with van der Waals surface area (Å²) in [4.78, 5) is 1.31. The van der Waals surface area contributed by atoms with E-state index >= 15 is 0 Å². The van der Waals surface area contributed by atoms with E-state index in [-0.39, 0.29) is 0 Å². The Morgan fingerprint density at radius 3 is 2.24 bits per heavy atom. The number of hydrogen-bond donors (Lipinski definition) is 1. The highest BCUT2D eigenvalue weighted by Gasteiger charge is 2.19. The van der Waals surface area contributed by atoms with Gasteiger partial charge in [-0.05, 0) is 43.3 Å². The maximum absolute atomic E-state index is 3.62. The summed E-state index contributed by atoms with van der Waals surface area (Å²) in [6.45, 7) is 7.56. The van der Waals surface area contributed by atoms with Crippen LogP contribution in [0.2, 0.25) is 0 Å². The zero-order chi connectivity index (χ0) is 15.2. The summed E-state index contributed by atoms with van der Waals surface area (Å²) in [6, 6.07) is 17.8. The van der Waals surface area contributed by atoms with Gasteiger partial charge >= 0.3 is 0 Å². The highest BCUT2D eigenvalue weighted by molar-refractivity contribution is 9.10. The van der Waals surface area contributed by atoms with E-state index in [4.69, 9.17) is 0 Å². The molecule has 0 saturated carbocycles. The van der Waals surface area contributed by atoms with Gasteiger partial charge < -0.3 is 5.32 Å². The number of hydrogen-bond acceptors (Lipinski definition) is 2. The van der Waals surface area contributed by atoms with Gasteiger partial charge in [-0.2, -0.15) is 0 Å². The molecule has 0 radical (unpaired) electrons. The van der Waals surface area contributed by atoms with Crippen molar-refractivity contribution in [2.24, 2.45) is 0 Å². The van der Waals surface area contributed by atoms with Crippen LogP contribution in [0.4, 0.5) is 0 Å². The maximum atomic E-state index is 3.62. The molecule has 0 saturated heterocycles. The van der Waals surface area contributed by atoms with Gasteiger partial charge in [0.1, 0.15) is 0 Å². The SMILES string of the molecule is CCNC(c1ccc(C)cc1)C(C)Sc1ccc(Br)cc1. The topological polar surface area (TPSA) is 12.0 Å². The smallest absolute Gasteiger partial charge is 0.0441 e. The van der Waals surface area contributed by atoms with Gasteiger partial charge in [0.05, 0.1) is 0 Å². The van der Waals surface area contributed by atoms with Crippen molar-refractivity contribution in [1.82, 2.24) is 5.32 Å². The normalized spacial score (nSPS) is 13.9. The lowest BCUT2D eigenvalue weighted by Gasteiger charge is -2.25. The van der Waals surface area contributed by atoms with E-state index in [1.54, 1.807) is 0 Å².